The average molecular weight is 388 g/mol. The monoisotopic (exact) mass is 387 g/mol. The minimum Gasteiger partial charge on any atom is -0.492 e. The number of nitrogens with zero attached hydrogens (tertiary/aromatic N) is 1. The fraction of sp³-hybridized carbons (Fsp3) is 0.200. The highest BCUT2D eigenvalue weighted by Crippen LogP contribution is 2.41. The highest BCUT2D eigenvalue weighted by molar-refractivity contribution is 8.04. The highest BCUT2D eigenvalue weighted by atomic mass is 35.5. The highest BCUT2D eigenvalue weighted by Gasteiger charge is 2.41. The second-order valence-corrected chi connectivity index (χ2v) is 7.20. The third-order valence-corrected chi connectivity index (χ3v) is 5.08. The predicted octanol–water partition coefficient (Wildman–Crippen LogP) is 4.78. The smallest absolute Gasteiger partial charge is 0.272 e. The van der Waals surface area contributed by atoms with Crippen molar-refractivity contribution >= 4 is 46.4 Å². The summed E-state index contributed by atoms with van der Waals surface area (Å²) >= 11 is 7.33. The molecule has 3 rings (SSSR count). The standard InChI is InChI=1S/C20H18ClNO3S/c1-3-25-16-8-6-5-7-15(16)22-19(23)17(18(20(22)24)26-4-2)13-9-11-14(21)12-10-13/h5-12H,3-4H2,1-2H3. The van der Waals surface area contributed by atoms with Crippen molar-refractivity contribution in [3.05, 3.63) is 64.0 Å². The van der Waals surface area contributed by atoms with Crippen molar-refractivity contribution < 1.29 is 14.3 Å². The van der Waals surface area contributed by atoms with Gasteiger partial charge in [-0.3, -0.25) is 9.59 Å². The molecule has 26 heavy (non-hydrogen) atoms. The maximum Gasteiger partial charge on any atom is 0.272 e. The van der Waals surface area contributed by atoms with E-state index in [1.54, 1.807) is 42.5 Å². The van der Waals surface area contributed by atoms with Crippen molar-refractivity contribution in [3.63, 3.8) is 0 Å². The Morgan fingerprint density at radius 1 is 1.00 bits per heavy atom. The summed E-state index contributed by atoms with van der Waals surface area (Å²) in [5.74, 6) is 0.529. The maximum atomic E-state index is 13.2. The van der Waals surface area contributed by atoms with Gasteiger partial charge in [0, 0.05) is 5.02 Å². The molecule has 0 unspecified atom stereocenters. The number of carbonyl (C=O) groups is 2. The van der Waals surface area contributed by atoms with Crippen LogP contribution in [0, 0.1) is 0 Å². The first-order valence-corrected chi connectivity index (χ1v) is 9.68. The van der Waals surface area contributed by atoms with Crippen LogP contribution in [0.3, 0.4) is 0 Å². The molecule has 0 saturated heterocycles. The molecule has 1 heterocycles. The van der Waals surface area contributed by atoms with Crippen LogP contribution < -0.4 is 9.64 Å². The van der Waals surface area contributed by atoms with Crippen molar-refractivity contribution in [3.8, 4) is 5.75 Å². The van der Waals surface area contributed by atoms with Crippen LogP contribution in [0.4, 0.5) is 5.69 Å². The molecule has 1 aliphatic heterocycles. The zero-order valence-electron chi connectivity index (χ0n) is 14.5. The van der Waals surface area contributed by atoms with Gasteiger partial charge in [0.1, 0.15) is 5.75 Å². The number of hydrogen-bond acceptors (Lipinski definition) is 4. The molecule has 0 bridgehead atoms. The van der Waals surface area contributed by atoms with E-state index in [1.807, 2.05) is 19.9 Å². The summed E-state index contributed by atoms with van der Waals surface area (Å²) in [5, 5.41) is 0.578. The SMILES string of the molecule is CCOc1ccccc1N1C(=O)C(SCC)=C(c2ccc(Cl)cc2)C1=O. The molecule has 134 valence electrons. The van der Waals surface area contributed by atoms with E-state index in [0.29, 0.717) is 44.9 Å². The molecule has 2 aromatic rings. The van der Waals surface area contributed by atoms with Gasteiger partial charge in [-0.15, -0.1) is 11.8 Å². The Morgan fingerprint density at radius 2 is 1.69 bits per heavy atom. The van der Waals surface area contributed by atoms with E-state index in [-0.39, 0.29) is 11.8 Å². The maximum absolute atomic E-state index is 13.2. The molecule has 0 aromatic heterocycles. The summed E-state index contributed by atoms with van der Waals surface area (Å²) in [6.45, 7) is 4.26. The topological polar surface area (TPSA) is 46.6 Å². The van der Waals surface area contributed by atoms with Crippen LogP contribution >= 0.6 is 23.4 Å². The summed E-state index contributed by atoms with van der Waals surface area (Å²) in [7, 11) is 0. The van der Waals surface area contributed by atoms with Gasteiger partial charge in [0.15, 0.2) is 0 Å². The molecule has 0 saturated carbocycles. The van der Waals surface area contributed by atoms with Crippen molar-refractivity contribution in [2.45, 2.75) is 13.8 Å². The van der Waals surface area contributed by atoms with Gasteiger partial charge < -0.3 is 4.74 Å². The van der Waals surface area contributed by atoms with Gasteiger partial charge in [-0.1, -0.05) is 42.8 Å². The minimum atomic E-state index is -0.347. The van der Waals surface area contributed by atoms with Gasteiger partial charge >= 0.3 is 0 Å². The number of anilines is 1. The zero-order chi connectivity index (χ0) is 18.7. The number of benzene rings is 2. The van der Waals surface area contributed by atoms with Crippen molar-refractivity contribution in [1.29, 1.82) is 0 Å². The number of carbonyl (C=O) groups excluding carboxylic acids is 2. The van der Waals surface area contributed by atoms with Crippen LogP contribution in [0.1, 0.15) is 19.4 Å². The van der Waals surface area contributed by atoms with Crippen molar-refractivity contribution in [1.82, 2.24) is 0 Å². The molecular weight excluding hydrogens is 370 g/mol. The Labute approximate surface area is 161 Å². The number of halogens is 1. The zero-order valence-corrected chi connectivity index (χ0v) is 16.1. The Hall–Kier alpha value is -2.24. The van der Waals surface area contributed by atoms with E-state index in [2.05, 4.69) is 0 Å². The van der Waals surface area contributed by atoms with E-state index in [4.69, 9.17) is 16.3 Å². The number of ether oxygens (including phenoxy) is 1. The summed E-state index contributed by atoms with van der Waals surface area (Å²) < 4.78 is 5.61. The molecule has 0 spiro atoms. The van der Waals surface area contributed by atoms with E-state index >= 15 is 0 Å². The number of thioether (sulfide) groups is 1. The molecule has 1 aliphatic rings. The summed E-state index contributed by atoms with van der Waals surface area (Å²) in [5.41, 5.74) is 1.55. The predicted molar refractivity (Wildman–Crippen MR) is 107 cm³/mol. The molecule has 2 aromatic carbocycles. The summed E-state index contributed by atoms with van der Waals surface area (Å²) in [4.78, 5) is 27.9. The van der Waals surface area contributed by atoms with E-state index in [1.165, 1.54) is 16.7 Å². The van der Waals surface area contributed by atoms with Gasteiger partial charge in [-0.25, -0.2) is 4.90 Å². The fourth-order valence-electron chi connectivity index (χ4n) is 2.80. The van der Waals surface area contributed by atoms with E-state index < -0.39 is 0 Å². The van der Waals surface area contributed by atoms with Gasteiger partial charge in [0.2, 0.25) is 0 Å². The fourth-order valence-corrected chi connectivity index (χ4v) is 3.78. The van der Waals surface area contributed by atoms with Crippen LogP contribution in [0.2, 0.25) is 5.02 Å². The lowest BCUT2D eigenvalue weighted by Crippen LogP contribution is -2.31. The number of imide groups is 1. The van der Waals surface area contributed by atoms with Crippen LogP contribution in [0.25, 0.3) is 5.57 Å². The first kappa shape index (κ1) is 18.5. The Balaban J connectivity index is 2.09. The van der Waals surface area contributed by atoms with Crippen LogP contribution in [0.5, 0.6) is 5.75 Å². The lowest BCUT2D eigenvalue weighted by atomic mass is 10.1. The number of amides is 2. The first-order valence-electron chi connectivity index (χ1n) is 8.32. The Kier molecular flexibility index (Phi) is 5.69. The first-order chi connectivity index (χ1) is 12.6. The molecule has 0 atom stereocenters. The molecule has 0 fully saturated rings. The van der Waals surface area contributed by atoms with Crippen LogP contribution in [-0.4, -0.2) is 24.2 Å². The molecule has 0 aliphatic carbocycles. The third-order valence-electron chi connectivity index (χ3n) is 3.87. The summed E-state index contributed by atoms with van der Waals surface area (Å²) in [6, 6.07) is 14.0. The Bertz CT molecular complexity index is 877. The lowest BCUT2D eigenvalue weighted by Gasteiger charge is -2.18. The van der Waals surface area contributed by atoms with Gasteiger partial charge in [0.05, 0.1) is 22.8 Å². The quantitative estimate of drug-likeness (QED) is 0.669. The number of hydrogen-bond donors (Lipinski definition) is 0. The van der Waals surface area contributed by atoms with Crippen LogP contribution in [0.15, 0.2) is 53.4 Å². The van der Waals surface area contributed by atoms with Crippen LogP contribution in [-0.2, 0) is 9.59 Å². The average Bonchev–Trinajstić information content (AvgIpc) is 2.88. The van der Waals surface area contributed by atoms with Crippen molar-refractivity contribution in [2.24, 2.45) is 0 Å². The molecular formula is C20H18ClNO3S. The van der Waals surface area contributed by atoms with Gasteiger partial charge in [-0.2, -0.15) is 0 Å². The number of rotatable bonds is 6. The second kappa shape index (κ2) is 7.98. The third kappa shape index (κ3) is 3.37. The largest absolute Gasteiger partial charge is 0.492 e. The van der Waals surface area contributed by atoms with Gasteiger partial charge in [-0.05, 0) is 42.5 Å². The summed E-state index contributed by atoms with van der Waals surface area (Å²) in [6.07, 6.45) is 0. The number of para-hydroxylation sites is 2. The molecule has 4 nitrogen and oxygen atoms in total. The molecule has 0 radical (unpaired) electrons. The minimum absolute atomic E-state index is 0.320. The van der Waals surface area contributed by atoms with E-state index in [9.17, 15) is 9.59 Å². The van der Waals surface area contributed by atoms with E-state index in [0.717, 1.165) is 0 Å². The van der Waals surface area contributed by atoms with Gasteiger partial charge in [0.25, 0.3) is 11.8 Å². The molecule has 2 amide bonds. The molecule has 0 N–H and O–H groups in total. The normalized spacial score (nSPS) is 14.3. The lowest BCUT2D eigenvalue weighted by molar-refractivity contribution is -0.119. The van der Waals surface area contributed by atoms with Crippen molar-refractivity contribution in [2.75, 3.05) is 17.3 Å². The Morgan fingerprint density at radius 3 is 2.35 bits per heavy atom. The molecule has 6 heteroatoms. The second-order valence-electron chi connectivity index (χ2n) is 5.49.